The fraction of sp³-hybridized carbons (Fsp3) is 0.524. The lowest BCUT2D eigenvalue weighted by atomic mass is 10.0. The van der Waals surface area contributed by atoms with E-state index in [1.54, 1.807) is 30.3 Å². The number of nitrogens with zero attached hydrogens (tertiary/aromatic N) is 1. The molecule has 1 heterocycles. The monoisotopic (exact) mass is 450 g/mol. The minimum Gasteiger partial charge on any atom is -0.480 e. The van der Waals surface area contributed by atoms with Gasteiger partial charge in [-0.25, -0.2) is 4.79 Å². The normalized spacial score (nSPS) is 19.5. The molecule has 0 radical (unpaired) electrons. The Morgan fingerprint density at radius 3 is 2.38 bits per heavy atom. The molecule has 176 valence electrons. The minimum atomic E-state index is -1.52. The largest absolute Gasteiger partial charge is 0.480 e. The summed E-state index contributed by atoms with van der Waals surface area (Å²) in [6.45, 7) is 0.863. The van der Waals surface area contributed by atoms with Gasteiger partial charge in [0.1, 0.15) is 24.2 Å². The van der Waals surface area contributed by atoms with E-state index >= 15 is 0 Å². The fourth-order valence-corrected chi connectivity index (χ4v) is 3.49. The number of carbonyl (C=O) groups excluding carboxylic acids is 3. The number of carbonyl (C=O) groups is 4. The van der Waals surface area contributed by atoms with Crippen molar-refractivity contribution in [2.75, 3.05) is 13.2 Å². The maximum Gasteiger partial charge on any atom is 0.328 e. The molecule has 1 aromatic rings. The number of rotatable bonds is 10. The smallest absolute Gasteiger partial charge is 0.328 e. The third-order valence-electron chi connectivity index (χ3n) is 5.36. The molecule has 0 aromatic heterocycles. The SMILES string of the molecule is CC(O)C(N)C(=O)N1CCCC1C(=O)NC(Cc1ccccc1)C(=O)NC(CO)C(=O)O. The van der Waals surface area contributed by atoms with Gasteiger partial charge >= 0.3 is 5.97 Å². The molecule has 0 aliphatic carbocycles. The highest BCUT2D eigenvalue weighted by atomic mass is 16.4. The van der Waals surface area contributed by atoms with Crippen LogP contribution in [-0.2, 0) is 25.6 Å². The van der Waals surface area contributed by atoms with E-state index in [9.17, 15) is 29.4 Å². The lowest BCUT2D eigenvalue weighted by molar-refractivity contribution is -0.144. The van der Waals surface area contributed by atoms with E-state index in [2.05, 4.69) is 10.6 Å². The molecule has 5 atom stereocenters. The van der Waals surface area contributed by atoms with E-state index in [1.165, 1.54) is 11.8 Å². The quantitative estimate of drug-likeness (QED) is 0.236. The summed E-state index contributed by atoms with van der Waals surface area (Å²) in [5.41, 5.74) is 6.46. The summed E-state index contributed by atoms with van der Waals surface area (Å²) >= 11 is 0. The molecule has 3 amide bonds. The van der Waals surface area contributed by atoms with Crippen LogP contribution in [0.3, 0.4) is 0 Å². The molecule has 1 aromatic carbocycles. The second-order valence-electron chi connectivity index (χ2n) is 7.79. The van der Waals surface area contributed by atoms with Crippen molar-refractivity contribution in [2.45, 2.75) is 56.5 Å². The highest BCUT2D eigenvalue weighted by molar-refractivity contribution is 5.94. The molecule has 5 unspecified atom stereocenters. The number of aliphatic hydroxyl groups excluding tert-OH is 2. The third kappa shape index (κ3) is 6.49. The molecule has 1 aliphatic rings. The van der Waals surface area contributed by atoms with Crippen molar-refractivity contribution < 1.29 is 34.5 Å². The van der Waals surface area contributed by atoms with Crippen molar-refractivity contribution in [2.24, 2.45) is 5.73 Å². The van der Waals surface area contributed by atoms with E-state index in [-0.39, 0.29) is 6.42 Å². The molecular formula is C21H30N4O7. The van der Waals surface area contributed by atoms with Gasteiger partial charge in [-0.1, -0.05) is 30.3 Å². The van der Waals surface area contributed by atoms with Crippen molar-refractivity contribution in [3.05, 3.63) is 35.9 Å². The lowest BCUT2D eigenvalue weighted by Crippen LogP contribution is -2.58. The summed E-state index contributed by atoms with van der Waals surface area (Å²) in [6, 6.07) is 4.10. The first kappa shape index (κ1) is 25.2. The zero-order valence-electron chi connectivity index (χ0n) is 17.8. The Bertz CT molecular complexity index is 818. The van der Waals surface area contributed by atoms with Gasteiger partial charge in [-0.2, -0.15) is 0 Å². The summed E-state index contributed by atoms with van der Waals surface area (Å²) in [4.78, 5) is 50.8. The van der Waals surface area contributed by atoms with Crippen LogP contribution in [0.5, 0.6) is 0 Å². The molecule has 2 rings (SSSR count). The van der Waals surface area contributed by atoms with Crippen LogP contribution >= 0.6 is 0 Å². The van der Waals surface area contributed by atoms with Gasteiger partial charge in [0.2, 0.25) is 17.7 Å². The average molecular weight is 450 g/mol. The summed E-state index contributed by atoms with van der Waals surface area (Å²) in [7, 11) is 0. The van der Waals surface area contributed by atoms with Crippen LogP contribution in [0, 0.1) is 0 Å². The molecule has 0 saturated carbocycles. The number of amides is 3. The Labute approximate surface area is 185 Å². The van der Waals surface area contributed by atoms with Crippen molar-refractivity contribution in [3.8, 4) is 0 Å². The van der Waals surface area contributed by atoms with E-state index in [1.807, 2.05) is 0 Å². The van der Waals surface area contributed by atoms with Crippen LogP contribution in [0.1, 0.15) is 25.3 Å². The lowest BCUT2D eigenvalue weighted by Gasteiger charge is -2.29. The molecule has 32 heavy (non-hydrogen) atoms. The van der Waals surface area contributed by atoms with Crippen molar-refractivity contribution in [1.29, 1.82) is 0 Å². The van der Waals surface area contributed by atoms with Gasteiger partial charge in [-0.15, -0.1) is 0 Å². The highest BCUT2D eigenvalue weighted by Gasteiger charge is 2.38. The predicted octanol–water partition coefficient (Wildman–Crippen LogP) is -2.03. The number of carboxylic acids is 1. The number of aliphatic carboxylic acids is 1. The molecule has 1 fully saturated rings. The van der Waals surface area contributed by atoms with Gasteiger partial charge < -0.3 is 36.6 Å². The first-order valence-electron chi connectivity index (χ1n) is 10.4. The Balaban J connectivity index is 2.18. The number of nitrogens with two attached hydrogens (primary N) is 1. The molecule has 1 aliphatic heterocycles. The number of carboxylic acid groups (broad SMARTS) is 1. The van der Waals surface area contributed by atoms with E-state index < -0.39 is 60.6 Å². The summed E-state index contributed by atoms with van der Waals surface area (Å²) < 4.78 is 0. The van der Waals surface area contributed by atoms with Gasteiger partial charge in [0.05, 0.1) is 12.7 Å². The number of hydrogen-bond acceptors (Lipinski definition) is 7. The maximum atomic E-state index is 13.0. The first-order chi connectivity index (χ1) is 15.1. The van der Waals surface area contributed by atoms with E-state index in [4.69, 9.17) is 10.8 Å². The van der Waals surface area contributed by atoms with Crippen LogP contribution in [0.2, 0.25) is 0 Å². The second-order valence-corrected chi connectivity index (χ2v) is 7.79. The van der Waals surface area contributed by atoms with Gasteiger partial charge in [0, 0.05) is 13.0 Å². The Kier molecular flexibility index (Phi) is 9.12. The Morgan fingerprint density at radius 2 is 1.81 bits per heavy atom. The molecule has 11 heteroatoms. The van der Waals surface area contributed by atoms with Crippen molar-refractivity contribution in [1.82, 2.24) is 15.5 Å². The highest BCUT2D eigenvalue weighted by Crippen LogP contribution is 2.19. The van der Waals surface area contributed by atoms with Crippen molar-refractivity contribution in [3.63, 3.8) is 0 Å². The number of benzene rings is 1. The zero-order chi connectivity index (χ0) is 23.8. The summed E-state index contributed by atoms with van der Waals surface area (Å²) in [5.74, 6) is -3.33. The standard InChI is InChI=1S/C21H30N4O7/c1-12(27)17(22)20(30)25-9-5-8-16(25)19(29)23-14(10-13-6-3-2-4-7-13)18(28)24-15(11-26)21(31)32/h2-4,6-7,12,14-17,26-27H,5,8-11,22H2,1H3,(H,23,29)(H,24,28)(H,31,32). The minimum absolute atomic E-state index is 0.0734. The topological polar surface area (TPSA) is 182 Å². The fourth-order valence-electron chi connectivity index (χ4n) is 3.49. The number of likely N-dealkylation sites (tertiary alicyclic amines) is 1. The molecular weight excluding hydrogens is 420 g/mol. The summed E-state index contributed by atoms with van der Waals surface area (Å²) in [5, 5.41) is 32.7. The van der Waals surface area contributed by atoms with Gasteiger partial charge in [-0.3, -0.25) is 14.4 Å². The van der Waals surface area contributed by atoms with Crippen LogP contribution in [-0.4, -0.2) is 87.3 Å². The molecule has 11 nitrogen and oxygen atoms in total. The van der Waals surface area contributed by atoms with Crippen LogP contribution in [0.25, 0.3) is 0 Å². The van der Waals surface area contributed by atoms with Crippen LogP contribution < -0.4 is 16.4 Å². The molecule has 7 N–H and O–H groups in total. The number of hydrogen-bond donors (Lipinski definition) is 6. The van der Waals surface area contributed by atoms with Crippen molar-refractivity contribution >= 4 is 23.7 Å². The van der Waals surface area contributed by atoms with Gasteiger partial charge in [-0.05, 0) is 25.3 Å². The van der Waals surface area contributed by atoms with Crippen LogP contribution in [0.4, 0.5) is 0 Å². The van der Waals surface area contributed by atoms with Gasteiger partial charge in [0.15, 0.2) is 0 Å². The van der Waals surface area contributed by atoms with Gasteiger partial charge in [0.25, 0.3) is 0 Å². The number of nitrogens with one attached hydrogen (secondary N) is 2. The first-order valence-corrected chi connectivity index (χ1v) is 10.4. The second kappa shape index (κ2) is 11.6. The van der Waals surface area contributed by atoms with Crippen LogP contribution in [0.15, 0.2) is 30.3 Å². The maximum absolute atomic E-state index is 13.0. The molecule has 1 saturated heterocycles. The number of aliphatic hydroxyl groups is 2. The predicted molar refractivity (Wildman–Crippen MR) is 113 cm³/mol. The Hall–Kier alpha value is -3.02. The molecule has 0 spiro atoms. The zero-order valence-corrected chi connectivity index (χ0v) is 17.8. The van der Waals surface area contributed by atoms with E-state index in [0.29, 0.717) is 19.4 Å². The summed E-state index contributed by atoms with van der Waals surface area (Å²) in [6.07, 6.45) is -0.102. The third-order valence-corrected chi connectivity index (χ3v) is 5.36. The average Bonchev–Trinajstić information content (AvgIpc) is 3.26. The Morgan fingerprint density at radius 1 is 1.16 bits per heavy atom. The molecule has 0 bridgehead atoms. The van der Waals surface area contributed by atoms with E-state index in [0.717, 1.165) is 5.56 Å².